The van der Waals surface area contributed by atoms with Gasteiger partial charge in [0, 0.05) is 25.2 Å². The number of carboxylic acid groups (broad SMARTS) is 3. The first-order chi connectivity index (χ1) is 18.8. The number of quaternary nitrogens is 1. The van der Waals surface area contributed by atoms with Crippen LogP contribution in [0.15, 0.2) is 12.2 Å². The maximum atomic E-state index is 11.0. The summed E-state index contributed by atoms with van der Waals surface area (Å²) in [6.07, 6.45) is 25.9. The first-order valence-corrected chi connectivity index (χ1v) is 15.9. The van der Waals surface area contributed by atoms with Gasteiger partial charge < -0.3 is 24.6 Å². The molecule has 0 rings (SSSR count). The Labute approximate surface area is 238 Å². The summed E-state index contributed by atoms with van der Waals surface area (Å²) < 4.78 is 0.801. The maximum Gasteiger partial charge on any atom is 0.303 e. The standard InChI is InChI=1S/C32H59NO6/c1-2-3-4-5-6-7-8-9-10-11-12-13-14-15-19-26-33(27-20-16-23-30(34)35,28-21-17-24-31(36)37)29-22-18-25-32(38)39/h14-15H,2-13,16-29H2,1H3,(H2-,34,35,36,37,38,39)/b15-14+. The van der Waals surface area contributed by atoms with Crippen molar-refractivity contribution in [2.24, 2.45) is 0 Å². The normalized spacial score (nSPS) is 11.8. The van der Waals surface area contributed by atoms with E-state index in [1.807, 2.05) is 0 Å². The van der Waals surface area contributed by atoms with Gasteiger partial charge in [-0.15, -0.1) is 0 Å². The number of hydrogen-bond donors (Lipinski definition) is 2. The number of nitrogens with zero attached hydrogens (tertiary/aromatic N) is 1. The van der Waals surface area contributed by atoms with E-state index >= 15 is 0 Å². The minimum atomic E-state index is -1.03. The fourth-order valence-electron chi connectivity index (χ4n) is 5.34. The lowest BCUT2D eigenvalue weighted by atomic mass is 10.1. The fourth-order valence-corrected chi connectivity index (χ4v) is 5.34. The van der Waals surface area contributed by atoms with Gasteiger partial charge in [0.15, 0.2) is 0 Å². The van der Waals surface area contributed by atoms with Gasteiger partial charge in [-0.1, -0.05) is 83.3 Å². The third-order valence-corrected chi connectivity index (χ3v) is 7.72. The van der Waals surface area contributed by atoms with Crippen molar-refractivity contribution in [3.05, 3.63) is 12.2 Å². The van der Waals surface area contributed by atoms with Crippen LogP contribution in [0.5, 0.6) is 0 Å². The Bertz CT molecular complexity index is 594. The molecule has 0 aromatic rings. The molecule has 0 aliphatic carbocycles. The average molecular weight is 554 g/mol. The highest BCUT2D eigenvalue weighted by Crippen LogP contribution is 2.18. The van der Waals surface area contributed by atoms with Gasteiger partial charge in [-0.25, -0.2) is 0 Å². The molecule has 0 heterocycles. The second-order valence-corrected chi connectivity index (χ2v) is 11.4. The van der Waals surface area contributed by atoms with Gasteiger partial charge in [0.2, 0.25) is 0 Å². The molecule has 0 spiro atoms. The van der Waals surface area contributed by atoms with Gasteiger partial charge in [-0.3, -0.25) is 9.59 Å². The number of carboxylic acids is 3. The second kappa shape index (κ2) is 26.3. The van der Waals surface area contributed by atoms with Crippen molar-refractivity contribution < 1.29 is 34.2 Å². The van der Waals surface area contributed by atoms with Crippen LogP contribution >= 0.6 is 0 Å². The molecule has 0 aliphatic heterocycles. The van der Waals surface area contributed by atoms with E-state index < -0.39 is 17.9 Å². The van der Waals surface area contributed by atoms with Crippen molar-refractivity contribution in [1.29, 1.82) is 0 Å². The van der Waals surface area contributed by atoms with Crippen LogP contribution in [-0.4, -0.2) is 58.8 Å². The second-order valence-electron chi connectivity index (χ2n) is 11.4. The Kier molecular flexibility index (Phi) is 25.1. The molecule has 0 saturated heterocycles. The molecule has 7 heteroatoms. The number of carbonyl (C=O) groups is 3. The van der Waals surface area contributed by atoms with Crippen LogP contribution in [0.4, 0.5) is 0 Å². The zero-order chi connectivity index (χ0) is 29.0. The summed E-state index contributed by atoms with van der Waals surface area (Å²) in [7, 11) is 0. The Balaban J connectivity index is 4.57. The lowest BCUT2D eigenvalue weighted by Gasteiger charge is -2.39. The van der Waals surface area contributed by atoms with Crippen LogP contribution in [0, 0.1) is 0 Å². The summed E-state index contributed by atoms with van der Waals surface area (Å²) in [6.45, 7) is 5.70. The molecular formula is C32H59NO6. The van der Waals surface area contributed by atoms with Crippen LogP contribution in [0.1, 0.15) is 148 Å². The summed E-state index contributed by atoms with van der Waals surface area (Å²) in [5.74, 6) is -2.59. The average Bonchev–Trinajstić information content (AvgIpc) is 2.89. The smallest absolute Gasteiger partial charge is 0.303 e. The molecule has 0 amide bonds. The SMILES string of the molecule is CCCCCCCCCCCCC/C=C/CC[N+](CCCCC(=O)[O-])(CCCCC(=O)O)CCCCC(=O)O. The Morgan fingerprint density at radius 3 is 1.38 bits per heavy atom. The molecule has 228 valence electrons. The van der Waals surface area contributed by atoms with Gasteiger partial charge in [0.25, 0.3) is 0 Å². The maximum absolute atomic E-state index is 11.0. The van der Waals surface area contributed by atoms with Crippen LogP contribution in [-0.2, 0) is 14.4 Å². The Morgan fingerprint density at radius 2 is 0.949 bits per heavy atom. The summed E-state index contributed by atoms with van der Waals surface area (Å²) in [5, 5.41) is 28.9. The van der Waals surface area contributed by atoms with Crippen molar-refractivity contribution in [2.45, 2.75) is 148 Å². The highest BCUT2D eigenvalue weighted by Gasteiger charge is 2.25. The van der Waals surface area contributed by atoms with Crippen molar-refractivity contribution in [3.63, 3.8) is 0 Å². The van der Waals surface area contributed by atoms with Gasteiger partial charge in [0.1, 0.15) is 0 Å². The summed E-state index contributed by atoms with van der Waals surface area (Å²) in [4.78, 5) is 32.8. The van der Waals surface area contributed by atoms with E-state index in [0.717, 1.165) is 62.8 Å². The molecule has 0 aromatic carbocycles. The minimum absolute atomic E-state index is 0.0525. The van der Waals surface area contributed by atoms with Gasteiger partial charge in [-0.05, 0) is 57.8 Å². The topological polar surface area (TPSA) is 115 Å². The van der Waals surface area contributed by atoms with E-state index in [-0.39, 0.29) is 19.3 Å². The molecular weight excluding hydrogens is 494 g/mol. The zero-order valence-electron chi connectivity index (χ0n) is 25.0. The van der Waals surface area contributed by atoms with Crippen LogP contribution in [0.3, 0.4) is 0 Å². The molecule has 0 radical (unpaired) electrons. The molecule has 0 saturated carbocycles. The Morgan fingerprint density at radius 1 is 0.538 bits per heavy atom. The number of carbonyl (C=O) groups excluding carboxylic acids is 1. The summed E-state index contributed by atoms with van der Waals surface area (Å²) >= 11 is 0. The zero-order valence-corrected chi connectivity index (χ0v) is 25.0. The molecule has 0 aliphatic rings. The van der Waals surface area contributed by atoms with E-state index in [0.29, 0.717) is 19.3 Å². The number of allylic oxidation sites excluding steroid dienone is 1. The molecule has 39 heavy (non-hydrogen) atoms. The van der Waals surface area contributed by atoms with Gasteiger partial charge in [-0.2, -0.15) is 0 Å². The van der Waals surface area contributed by atoms with E-state index in [9.17, 15) is 19.5 Å². The predicted octanol–water partition coefficient (Wildman–Crippen LogP) is 6.88. The largest absolute Gasteiger partial charge is 0.550 e. The predicted molar refractivity (Wildman–Crippen MR) is 156 cm³/mol. The number of unbranched alkanes of at least 4 members (excludes halogenated alkanes) is 14. The molecule has 2 N–H and O–H groups in total. The van der Waals surface area contributed by atoms with E-state index in [2.05, 4.69) is 19.1 Å². The lowest BCUT2D eigenvalue weighted by molar-refractivity contribution is -0.928. The third kappa shape index (κ3) is 26.1. The molecule has 0 unspecified atom stereocenters. The molecule has 0 fully saturated rings. The van der Waals surface area contributed by atoms with Gasteiger partial charge >= 0.3 is 11.9 Å². The summed E-state index contributed by atoms with van der Waals surface area (Å²) in [6, 6.07) is 0. The number of hydrogen-bond acceptors (Lipinski definition) is 4. The van der Waals surface area contributed by atoms with Crippen molar-refractivity contribution in [1.82, 2.24) is 0 Å². The van der Waals surface area contributed by atoms with Crippen molar-refractivity contribution in [3.8, 4) is 0 Å². The number of aliphatic carboxylic acids is 3. The van der Waals surface area contributed by atoms with E-state index in [1.54, 1.807) is 0 Å². The summed E-state index contributed by atoms with van der Waals surface area (Å²) in [5.41, 5.74) is 0. The highest BCUT2D eigenvalue weighted by atomic mass is 16.4. The lowest BCUT2D eigenvalue weighted by Crippen LogP contribution is -2.50. The first kappa shape index (κ1) is 37.1. The van der Waals surface area contributed by atoms with Gasteiger partial charge in [0.05, 0.1) is 26.2 Å². The Hall–Kier alpha value is -1.89. The monoisotopic (exact) mass is 553 g/mol. The van der Waals surface area contributed by atoms with E-state index in [1.165, 1.54) is 70.6 Å². The number of rotatable bonds is 30. The fraction of sp³-hybridized carbons (Fsp3) is 0.844. The van der Waals surface area contributed by atoms with Crippen LogP contribution in [0.25, 0.3) is 0 Å². The first-order valence-electron chi connectivity index (χ1n) is 15.9. The van der Waals surface area contributed by atoms with Crippen LogP contribution in [0.2, 0.25) is 0 Å². The molecule has 0 aromatic heterocycles. The van der Waals surface area contributed by atoms with Crippen molar-refractivity contribution >= 4 is 17.9 Å². The third-order valence-electron chi connectivity index (χ3n) is 7.72. The molecule has 7 nitrogen and oxygen atoms in total. The molecule has 0 bridgehead atoms. The van der Waals surface area contributed by atoms with E-state index in [4.69, 9.17) is 10.2 Å². The van der Waals surface area contributed by atoms with Crippen molar-refractivity contribution in [2.75, 3.05) is 26.2 Å². The highest BCUT2D eigenvalue weighted by molar-refractivity contribution is 5.66. The minimum Gasteiger partial charge on any atom is -0.550 e. The molecule has 0 atom stereocenters. The quantitative estimate of drug-likeness (QED) is 0.0569. The van der Waals surface area contributed by atoms with Crippen LogP contribution < -0.4 is 5.11 Å².